The second-order valence-electron chi connectivity index (χ2n) is 3.93. The number of hydrogen-bond donors (Lipinski definition) is 2. The molecule has 0 radical (unpaired) electrons. The predicted octanol–water partition coefficient (Wildman–Crippen LogP) is 2.73. The topological polar surface area (TPSA) is 68.0 Å². The Morgan fingerprint density at radius 1 is 1.44 bits per heavy atom. The third-order valence-electron chi connectivity index (χ3n) is 2.36. The Morgan fingerprint density at radius 2 is 2.17 bits per heavy atom. The van der Waals surface area contributed by atoms with Gasteiger partial charge in [-0.1, -0.05) is 0 Å². The number of halogens is 1. The second-order valence-corrected chi connectivity index (χ2v) is 5.16. The van der Waals surface area contributed by atoms with E-state index in [0.29, 0.717) is 16.4 Å². The summed E-state index contributed by atoms with van der Waals surface area (Å²) < 4.78 is 13.8. The Hall–Kier alpha value is -1.95. The highest BCUT2D eigenvalue weighted by Gasteiger charge is 2.15. The zero-order valence-electron chi connectivity index (χ0n) is 9.95. The number of benzene rings is 1. The van der Waals surface area contributed by atoms with E-state index in [4.69, 9.17) is 5.73 Å². The fraction of sp³-hybridized carbons (Fsp3) is 0.167. The van der Waals surface area contributed by atoms with Crippen molar-refractivity contribution in [1.82, 2.24) is 4.98 Å². The summed E-state index contributed by atoms with van der Waals surface area (Å²) in [6, 6.07) is 2.80. The van der Waals surface area contributed by atoms with Gasteiger partial charge in [0.05, 0.1) is 5.56 Å². The predicted molar refractivity (Wildman–Crippen MR) is 70.4 cm³/mol. The minimum atomic E-state index is -0.560. The van der Waals surface area contributed by atoms with Crippen LogP contribution in [0.5, 0.6) is 0 Å². The molecule has 0 atom stereocenters. The molecule has 2 aromatic rings. The summed E-state index contributed by atoms with van der Waals surface area (Å²) in [7, 11) is 0. The van der Waals surface area contributed by atoms with Crippen molar-refractivity contribution in [3.8, 4) is 0 Å². The smallest absolute Gasteiger partial charge is 0.260 e. The van der Waals surface area contributed by atoms with Crippen molar-refractivity contribution in [2.45, 2.75) is 13.8 Å². The highest BCUT2D eigenvalue weighted by molar-refractivity contribution is 7.15. The molecule has 0 saturated heterocycles. The fourth-order valence-electron chi connectivity index (χ4n) is 1.54. The normalized spacial score (nSPS) is 10.4. The van der Waals surface area contributed by atoms with Gasteiger partial charge in [-0.3, -0.25) is 10.1 Å². The Labute approximate surface area is 108 Å². The summed E-state index contributed by atoms with van der Waals surface area (Å²) in [6.07, 6.45) is 1.64. The van der Waals surface area contributed by atoms with Crippen LogP contribution in [0.25, 0.3) is 0 Å². The van der Waals surface area contributed by atoms with Gasteiger partial charge in [-0.2, -0.15) is 0 Å². The molecule has 1 amide bonds. The summed E-state index contributed by atoms with van der Waals surface area (Å²) in [5, 5.41) is 2.99. The average Bonchev–Trinajstić information content (AvgIpc) is 2.69. The van der Waals surface area contributed by atoms with E-state index in [9.17, 15) is 9.18 Å². The number of carbonyl (C=O) groups is 1. The van der Waals surface area contributed by atoms with Crippen LogP contribution in [0.4, 0.5) is 15.2 Å². The molecule has 0 aliphatic rings. The number of nitrogens with zero attached hydrogens (tertiary/aromatic N) is 1. The zero-order valence-corrected chi connectivity index (χ0v) is 10.8. The molecule has 3 N–H and O–H groups in total. The van der Waals surface area contributed by atoms with Gasteiger partial charge in [0.25, 0.3) is 5.91 Å². The average molecular weight is 265 g/mol. The van der Waals surface area contributed by atoms with Gasteiger partial charge in [0.15, 0.2) is 5.13 Å². The van der Waals surface area contributed by atoms with Gasteiger partial charge in [0.1, 0.15) is 5.82 Å². The van der Waals surface area contributed by atoms with E-state index in [1.165, 1.54) is 23.5 Å². The van der Waals surface area contributed by atoms with Crippen LogP contribution in [0.3, 0.4) is 0 Å². The molecule has 1 heterocycles. The van der Waals surface area contributed by atoms with E-state index < -0.39 is 11.7 Å². The van der Waals surface area contributed by atoms with Crippen LogP contribution in [0.15, 0.2) is 18.3 Å². The van der Waals surface area contributed by atoms with Gasteiger partial charge in [-0.15, -0.1) is 11.3 Å². The molecule has 1 aromatic heterocycles. The van der Waals surface area contributed by atoms with Crippen molar-refractivity contribution in [2.24, 2.45) is 0 Å². The first kappa shape index (κ1) is 12.5. The molecular formula is C12H12FN3OS. The molecule has 0 bridgehead atoms. The van der Waals surface area contributed by atoms with Crippen LogP contribution in [-0.4, -0.2) is 10.9 Å². The summed E-state index contributed by atoms with van der Waals surface area (Å²) >= 11 is 1.33. The van der Waals surface area contributed by atoms with E-state index in [0.717, 1.165) is 4.88 Å². The lowest BCUT2D eigenvalue weighted by Gasteiger charge is -2.06. The lowest BCUT2D eigenvalue weighted by atomic mass is 10.1. The van der Waals surface area contributed by atoms with Gasteiger partial charge in [-0.05, 0) is 31.5 Å². The van der Waals surface area contributed by atoms with Crippen LogP contribution in [-0.2, 0) is 0 Å². The summed E-state index contributed by atoms with van der Waals surface area (Å²) in [5.41, 5.74) is 6.23. The van der Waals surface area contributed by atoms with Crippen molar-refractivity contribution in [3.05, 3.63) is 40.2 Å². The first-order valence-electron chi connectivity index (χ1n) is 5.27. The van der Waals surface area contributed by atoms with Gasteiger partial charge in [0, 0.05) is 16.8 Å². The maximum Gasteiger partial charge on any atom is 0.260 e. The summed E-state index contributed by atoms with van der Waals surface area (Å²) in [4.78, 5) is 16.9. The zero-order chi connectivity index (χ0) is 13.3. The summed E-state index contributed by atoms with van der Waals surface area (Å²) in [5.74, 6) is -1.10. The second kappa shape index (κ2) is 4.73. The lowest BCUT2D eigenvalue weighted by molar-refractivity contribution is 0.102. The molecule has 4 nitrogen and oxygen atoms in total. The van der Waals surface area contributed by atoms with Crippen molar-refractivity contribution in [3.63, 3.8) is 0 Å². The number of nitrogens with one attached hydrogen (secondary N) is 1. The van der Waals surface area contributed by atoms with Crippen molar-refractivity contribution < 1.29 is 9.18 Å². The van der Waals surface area contributed by atoms with Crippen LogP contribution in [0, 0.1) is 19.7 Å². The largest absolute Gasteiger partial charge is 0.399 e. The Morgan fingerprint density at radius 3 is 2.78 bits per heavy atom. The number of nitrogens with two attached hydrogens (primary N) is 1. The van der Waals surface area contributed by atoms with Gasteiger partial charge < -0.3 is 5.73 Å². The minimum Gasteiger partial charge on any atom is -0.399 e. The maximum atomic E-state index is 13.8. The third-order valence-corrected chi connectivity index (χ3v) is 3.19. The van der Waals surface area contributed by atoms with E-state index in [2.05, 4.69) is 10.3 Å². The molecule has 2 rings (SSSR count). The fourth-order valence-corrected chi connectivity index (χ4v) is 2.20. The molecule has 0 aliphatic heterocycles. The number of nitrogen functional groups attached to an aromatic ring is 1. The Balaban J connectivity index is 2.29. The third kappa shape index (κ3) is 2.48. The van der Waals surface area contributed by atoms with Gasteiger partial charge in [-0.25, -0.2) is 9.37 Å². The number of rotatable bonds is 2. The molecule has 0 unspecified atom stereocenters. The number of amides is 1. The van der Waals surface area contributed by atoms with Gasteiger partial charge >= 0.3 is 0 Å². The Kier molecular flexibility index (Phi) is 3.29. The number of aryl methyl sites for hydroxylation is 2. The molecule has 0 saturated carbocycles. The highest BCUT2D eigenvalue weighted by atomic mass is 32.1. The van der Waals surface area contributed by atoms with Crippen molar-refractivity contribution >= 4 is 28.1 Å². The van der Waals surface area contributed by atoms with Crippen LogP contribution < -0.4 is 11.1 Å². The van der Waals surface area contributed by atoms with Crippen LogP contribution in [0.2, 0.25) is 0 Å². The molecule has 18 heavy (non-hydrogen) atoms. The molecule has 94 valence electrons. The van der Waals surface area contributed by atoms with Gasteiger partial charge in [0.2, 0.25) is 0 Å². The van der Waals surface area contributed by atoms with E-state index in [1.54, 1.807) is 13.1 Å². The van der Waals surface area contributed by atoms with Crippen LogP contribution in [0.1, 0.15) is 20.8 Å². The Bertz CT molecular complexity index is 609. The maximum absolute atomic E-state index is 13.8. The first-order chi connectivity index (χ1) is 8.47. The molecule has 6 heteroatoms. The number of hydrogen-bond acceptors (Lipinski definition) is 4. The molecule has 0 spiro atoms. The van der Waals surface area contributed by atoms with Crippen LogP contribution >= 0.6 is 11.3 Å². The van der Waals surface area contributed by atoms with E-state index in [1.807, 2.05) is 6.92 Å². The molecular weight excluding hydrogens is 253 g/mol. The monoisotopic (exact) mass is 265 g/mol. The van der Waals surface area contributed by atoms with E-state index >= 15 is 0 Å². The minimum absolute atomic E-state index is 0.0691. The first-order valence-corrected chi connectivity index (χ1v) is 6.08. The van der Waals surface area contributed by atoms with E-state index in [-0.39, 0.29) is 5.56 Å². The molecule has 0 fully saturated rings. The number of carbonyl (C=O) groups excluding carboxylic acids is 1. The summed E-state index contributed by atoms with van der Waals surface area (Å²) in [6.45, 7) is 3.44. The highest BCUT2D eigenvalue weighted by Crippen LogP contribution is 2.21. The number of thiazole rings is 1. The quantitative estimate of drug-likeness (QED) is 0.820. The molecule has 1 aromatic carbocycles. The standard InChI is InChI=1S/C12H12FN3OS/c1-6-3-8(14)4-9(10(6)13)11(17)16-12-15-5-7(2)18-12/h3-5H,14H2,1-2H3,(H,15,16,17). The SMILES string of the molecule is Cc1cnc(NC(=O)c2cc(N)cc(C)c2F)s1. The van der Waals surface area contributed by atoms with Crippen molar-refractivity contribution in [1.29, 1.82) is 0 Å². The number of aromatic nitrogens is 1. The molecule has 0 aliphatic carbocycles. The number of anilines is 2. The lowest BCUT2D eigenvalue weighted by Crippen LogP contribution is -2.14. The van der Waals surface area contributed by atoms with Crippen molar-refractivity contribution in [2.75, 3.05) is 11.1 Å².